The molecule has 0 heterocycles. The molecule has 1 aromatic carbocycles. The van der Waals surface area contributed by atoms with Crippen molar-refractivity contribution < 1.29 is 14.8 Å². The topological polar surface area (TPSA) is 80.4 Å². The second kappa shape index (κ2) is 4.79. The van der Waals surface area contributed by atoms with E-state index in [9.17, 15) is 20.0 Å². The quantitative estimate of drug-likeness (QED) is 0.632. The normalized spacial score (nSPS) is 35.3. The number of fused-ring (bicyclic) bond motifs is 5. The minimum Gasteiger partial charge on any atom is -0.502 e. The molecule has 0 spiro atoms. The number of nitro groups is 1. The number of nitrogens with zero attached hydrogens (tertiary/aromatic N) is 1. The first-order chi connectivity index (χ1) is 10.9. The molecule has 0 aliphatic heterocycles. The number of aromatic hydroxyl groups is 1. The van der Waals surface area contributed by atoms with Crippen molar-refractivity contribution in [1.29, 1.82) is 0 Å². The fourth-order valence-electron chi connectivity index (χ4n) is 5.61. The van der Waals surface area contributed by atoms with Gasteiger partial charge in [-0.25, -0.2) is 0 Å². The first-order valence-electron chi connectivity index (χ1n) is 8.46. The number of benzene rings is 1. The molecule has 0 amide bonds. The summed E-state index contributed by atoms with van der Waals surface area (Å²) in [6.07, 6.45) is 4.96. The third kappa shape index (κ3) is 1.88. The summed E-state index contributed by atoms with van der Waals surface area (Å²) >= 11 is 0. The van der Waals surface area contributed by atoms with Crippen molar-refractivity contribution in [2.75, 3.05) is 0 Å². The van der Waals surface area contributed by atoms with Gasteiger partial charge in [-0.1, -0.05) is 13.0 Å². The third-order valence-electron chi connectivity index (χ3n) is 6.75. The number of rotatable bonds is 1. The van der Waals surface area contributed by atoms with E-state index in [0.29, 0.717) is 41.9 Å². The van der Waals surface area contributed by atoms with E-state index < -0.39 is 4.92 Å². The number of ketones is 1. The number of carbonyl (C=O) groups is 1. The van der Waals surface area contributed by atoms with Crippen molar-refractivity contribution in [3.05, 3.63) is 33.4 Å². The summed E-state index contributed by atoms with van der Waals surface area (Å²) in [5, 5.41) is 21.2. The van der Waals surface area contributed by atoms with Crippen LogP contribution in [-0.4, -0.2) is 15.8 Å². The predicted molar refractivity (Wildman–Crippen MR) is 84.4 cm³/mol. The van der Waals surface area contributed by atoms with E-state index in [4.69, 9.17) is 0 Å². The molecule has 0 bridgehead atoms. The monoisotopic (exact) mass is 315 g/mol. The summed E-state index contributed by atoms with van der Waals surface area (Å²) in [7, 11) is 0. The molecule has 3 aliphatic carbocycles. The summed E-state index contributed by atoms with van der Waals surface area (Å²) in [5.41, 5.74) is 1.45. The van der Waals surface area contributed by atoms with E-state index in [0.717, 1.165) is 31.2 Å². The van der Waals surface area contributed by atoms with Gasteiger partial charge in [0.15, 0.2) is 5.75 Å². The van der Waals surface area contributed by atoms with Crippen LogP contribution >= 0.6 is 0 Å². The van der Waals surface area contributed by atoms with Gasteiger partial charge in [-0.2, -0.15) is 0 Å². The maximum absolute atomic E-state index is 12.3. The number of nitro benzene ring substituents is 1. The second-order valence-electron chi connectivity index (χ2n) is 7.59. The van der Waals surface area contributed by atoms with E-state index in [-0.39, 0.29) is 16.9 Å². The molecule has 2 saturated carbocycles. The molecule has 3 aliphatic rings. The van der Waals surface area contributed by atoms with Crippen molar-refractivity contribution in [2.24, 2.45) is 17.3 Å². The van der Waals surface area contributed by atoms with Gasteiger partial charge in [-0.05, 0) is 61.5 Å². The lowest BCUT2D eigenvalue weighted by atomic mass is 9.55. The highest BCUT2D eigenvalue weighted by atomic mass is 16.6. The van der Waals surface area contributed by atoms with E-state index in [1.165, 1.54) is 6.07 Å². The number of Topliss-reactive ketones (excluding diaryl/α,β-unsaturated/α-hetero) is 1. The zero-order valence-electron chi connectivity index (χ0n) is 13.2. The summed E-state index contributed by atoms with van der Waals surface area (Å²) in [5.74, 6) is 1.32. The Hall–Kier alpha value is -1.91. The van der Waals surface area contributed by atoms with Crippen molar-refractivity contribution in [2.45, 2.75) is 51.4 Å². The maximum atomic E-state index is 12.3. The molecule has 122 valence electrons. The van der Waals surface area contributed by atoms with Crippen LogP contribution in [0.4, 0.5) is 5.69 Å². The highest BCUT2D eigenvalue weighted by molar-refractivity contribution is 5.87. The molecule has 0 aromatic heterocycles. The van der Waals surface area contributed by atoms with Crippen LogP contribution in [0.1, 0.15) is 56.1 Å². The van der Waals surface area contributed by atoms with Gasteiger partial charge in [-0.3, -0.25) is 14.9 Å². The Balaban J connectivity index is 1.77. The smallest absolute Gasteiger partial charge is 0.314 e. The SMILES string of the molecule is C[C@@]12CC[C@H]3c4ccc(O)c([N+](=O)[O-])c4CC[C@@H]3[C@@H]1CCC2=O. The second-order valence-corrected chi connectivity index (χ2v) is 7.59. The molecule has 5 nitrogen and oxygen atoms in total. The molecule has 23 heavy (non-hydrogen) atoms. The van der Waals surface area contributed by atoms with Crippen LogP contribution in [0.2, 0.25) is 0 Å². The van der Waals surface area contributed by atoms with Gasteiger partial charge in [0.05, 0.1) is 4.92 Å². The standard InChI is InChI=1S/C18H21NO4/c1-18-9-8-11-10-4-6-15(20)17(19(22)23)13(10)3-2-12(11)14(18)5-7-16(18)21/h4,6,11-12,14,20H,2-3,5,7-9H2,1H3/t11-,12-,14-,18+/m0/s1. The van der Waals surface area contributed by atoms with Crippen LogP contribution in [0, 0.1) is 27.4 Å². The number of phenols is 1. The molecule has 4 atom stereocenters. The van der Waals surface area contributed by atoms with Gasteiger partial charge in [0.1, 0.15) is 5.78 Å². The zero-order chi connectivity index (χ0) is 16.4. The van der Waals surface area contributed by atoms with Crippen molar-refractivity contribution in [1.82, 2.24) is 0 Å². The van der Waals surface area contributed by atoms with E-state index in [2.05, 4.69) is 6.92 Å². The van der Waals surface area contributed by atoms with E-state index in [1.807, 2.05) is 6.07 Å². The van der Waals surface area contributed by atoms with Gasteiger partial charge in [0.2, 0.25) is 0 Å². The number of hydrogen-bond donors (Lipinski definition) is 1. The Morgan fingerprint density at radius 3 is 2.78 bits per heavy atom. The molecular formula is C18H21NO4. The van der Waals surface area contributed by atoms with Gasteiger partial charge in [0.25, 0.3) is 0 Å². The van der Waals surface area contributed by atoms with Gasteiger partial charge < -0.3 is 5.11 Å². The Morgan fingerprint density at radius 2 is 2.04 bits per heavy atom. The Kier molecular flexibility index (Phi) is 3.06. The summed E-state index contributed by atoms with van der Waals surface area (Å²) < 4.78 is 0. The van der Waals surface area contributed by atoms with Crippen LogP contribution in [0.15, 0.2) is 12.1 Å². The lowest BCUT2D eigenvalue weighted by Gasteiger charge is -2.48. The van der Waals surface area contributed by atoms with Gasteiger partial charge >= 0.3 is 5.69 Å². The fourth-order valence-corrected chi connectivity index (χ4v) is 5.61. The molecule has 0 unspecified atom stereocenters. The Morgan fingerprint density at radius 1 is 1.26 bits per heavy atom. The van der Waals surface area contributed by atoms with E-state index in [1.54, 1.807) is 0 Å². The van der Waals surface area contributed by atoms with Crippen LogP contribution in [-0.2, 0) is 11.2 Å². The minimum absolute atomic E-state index is 0.114. The summed E-state index contributed by atoms with van der Waals surface area (Å²) in [4.78, 5) is 23.2. The number of carbonyl (C=O) groups excluding carboxylic acids is 1. The molecule has 5 heteroatoms. The van der Waals surface area contributed by atoms with Crippen LogP contribution in [0.25, 0.3) is 0 Å². The highest BCUT2D eigenvalue weighted by Gasteiger charge is 2.55. The van der Waals surface area contributed by atoms with Gasteiger partial charge in [-0.15, -0.1) is 0 Å². The van der Waals surface area contributed by atoms with Crippen molar-refractivity contribution in [3.63, 3.8) is 0 Å². The summed E-state index contributed by atoms with van der Waals surface area (Å²) in [6, 6.07) is 3.33. The average molecular weight is 315 g/mol. The molecule has 0 saturated heterocycles. The average Bonchev–Trinajstić information content (AvgIpc) is 2.82. The lowest BCUT2D eigenvalue weighted by Crippen LogP contribution is -2.42. The largest absolute Gasteiger partial charge is 0.502 e. The maximum Gasteiger partial charge on any atom is 0.314 e. The first kappa shape index (κ1) is 14.7. The lowest BCUT2D eigenvalue weighted by molar-refractivity contribution is -0.386. The molecule has 1 N–H and O–H groups in total. The van der Waals surface area contributed by atoms with Gasteiger partial charge in [0, 0.05) is 17.4 Å². The molecular weight excluding hydrogens is 294 g/mol. The Bertz CT molecular complexity index is 713. The number of hydrogen-bond acceptors (Lipinski definition) is 4. The first-order valence-corrected chi connectivity index (χ1v) is 8.46. The van der Waals surface area contributed by atoms with Crippen LogP contribution in [0.5, 0.6) is 5.75 Å². The Labute approximate surface area is 134 Å². The molecule has 4 rings (SSSR count). The fraction of sp³-hybridized carbons (Fsp3) is 0.611. The molecule has 0 radical (unpaired) electrons. The predicted octanol–water partition coefficient (Wildman–Crippen LogP) is 3.73. The molecule has 1 aromatic rings. The molecule has 2 fully saturated rings. The minimum atomic E-state index is -0.458. The van der Waals surface area contributed by atoms with Crippen LogP contribution < -0.4 is 0 Å². The van der Waals surface area contributed by atoms with Crippen LogP contribution in [0.3, 0.4) is 0 Å². The van der Waals surface area contributed by atoms with Crippen molar-refractivity contribution in [3.8, 4) is 5.75 Å². The van der Waals surface area contributed by atoms with E-state index >= 15 is 0 Å². The van der Waals surface area contributed by atoms with Crippen molar-refractivity contribution >= 4 is 11.5 Å². The zero-order valence-corrected chi connectivity index (χ0v) is 13.2. The highest BCUT2D eigenvalue weighted by Crippen LogP contribution is 2.60. The number of phenolic OH excluding ortho intramolecular Hbond substituents is 1. The third-order valence-corrected chi connectivity index (χ3v) is 6.75. The summed E-state index contributed by atoms with van der Waals surface area (Å²) in [6.45, 7) is 2.12.